The van der Waals surface area contributed by atoms with E-state index >= 15 is 0 Å². The fraction of sp³-hybridized carbons (Fsp3) is 0.312. The monoisotopic (exact) mass is 321 g/mol. The van der Waals surface area contributed by atoms with Gasteiger partial charge in [-0.3, -0.25) is 0 Å². The summed E-state index contributed by atoms with van der Waals surface area (Å²) in [4.78, 5) is 5.15. The molecular formula is C16H19NO4S. The second kappa shape index (κ2) is 6.89. The molecule has 1 aromatic carbocycles. The van der Waals surface area contributed by atoms with E-state index in [1.807, 2.05) is 19.1 Å². The molecule has 0 unspecified atom stereocenters. The lowest BCUT2D eigenvalue weighted by molar-refractivity contribution is 0.194. The van der Waals surface area contributed by atoms with Crippen LogP contribution in [0.15, 0.2) is 40.1 Å². The summed E-state index contributed by atoms with van der Waals surface area (Å²) in [6, 6.07) is 8.94. The quantitative estimate of drug-likeness (QED) is 0.917. The van der Waals surface area contributed by atoms with Crippen LogP contribution in [0.3, 0.4) is 0 Å². The third-order valence-electron chi connectivity index (χ3n) is 3.22. The van der Waals surface area contributed by atoms with Gasteiger partial charge < -0.3 is 14.6 Å². The zero-order valence-electron chi connectivity index (χ0n) is 13.0. The van der Waals surface area contributed by atoms with E-state index in [0.29, 0.717) is 21.2 Å². The van der Waals surface area contributed by atoms with Gasteiger partial charge in [0, 0.05) is 16.5 Å². The average molecular weight is 321 g/mol. The topological polar surface area (TPSA) is 68.7 Å². The number of aryl methyl sites for hydroxylation is 1. The van der Waals surface area contributed by atoms with E-state index in [4.69, 9.17) is 9.47 Å². The van der Waals surface area contributed by atoms with Crippen molar-refractivity contribution in [2.75, 3.05) is 14.2 Å². The number of aliphatic hydroxyl groups excluding tert-OH is 1. The van der Waals surface area contributed by atoms with Crippen LogP contribution in [-0.2, 0) is 10.8 Å². The molecule has 2 atom stereocenters. The Hall–Kier alpha value is -1.92. The third-order valence-corrected chi connectivity index (χ3v) is 4.70. The van der Waals surface area contributed by atoms with E-state index in [1.54, 1.807) is 25.1 Å². The van der Waals surface area contributed by atoms with Crippen molar-refractivity contribution in [2.24, 2.45) is 0 Å². The number of aromatic nitrogens is 1. The number of pyridine rings is 1. The Morgan fingerprint density at radius 2 is 1.82 bits per heavy atom. The molecule has 0 spiro atoms. The third kappa shape index (κ3) is 3.28. The summed E-state index contributed by atoms with van der Waals surface area (Å²) in [6.07, 6.45) is -0.824. The molecule has 0 aliphatic heterocycles. The highest BCUT2D eigenvalue weighted by atomic mass is 32.2. The Labute approximate surface area is 132 Å². The van der Waals surface area contributed by atoms with Gasteiger partial charge in [0.15, 0.2) is 0 Å². The van der Waals surface area contributed by atoms with Crippen LogP contribution < -0.4 is 9.47 Å². The molecule has 0 saturated carbocycles. The van der Waals surface area contributed by atoms with E-state index in [1.165, 1.54) is 14.2 Å². The molecular weight excluding hydrogens is 302 g/mol. The van der Waals surface area contributed by atoms with E-state index < -0.39 is 16.9 Å². The van der Waals surface area contributed by atoms with Crippen LogP contribution >= 0.6 is 0 Å². The average Bonchev–Trinajstić information content (AvgIpc) is 2.53. The van der Waals surface area contributed by atoms with Crippen LogP contribution in [-0.4, -0.2) is 28.5 Å². The normalized spacial score (nSPS) is 13.5. The van der Waals surface area contributed by atoms with Gasteiger partial charge in [-0.25, -0.2) is 4.21 Å². The molecule has 1 heterocycles. The van der Waals surface area contributed by atoms with Crippen LogP contribution in [0.1, 0.15) is 24.2 Å². The first kappa shape index (κ1) is 16.5. The SMILES string of the molecule is COc1cc([C@@H](C)O)c([S@@](=O)c2ccc(C)cc2)c(OC)n1. The van der Waals surface area contributed by atoms with Crippen molar-refractivity contribution in [2.45, 2.75) is 29.7 Å². The Morgan fingerprint density at radius 3 is 2.32 bits per heavy atom. The molecule has 2 rings (SSSR count). The Balaban J connectivity index is 2.61. The van der Waals surface area contributed by atoms with Gasteiger partial charge in [0.1, 0.15) is 4.90 Å². The van der Waals surface area contributed by atoms with Crippen molar-refractivity contribution < 1.29 is 18.8 Å². The minimum Gasteiger partial charge on any atom is -0.481 e. The molecule has 2 aromatic rings. The predicted molar refractivity (Wildman–Crippen MR) is 83.8 cm³/mol. The molecule has 0 amide bonds. The molecule has 22 heavy (non-hydrogen) atoms. The van der Waals surface area contributed by atoms with Gasteiger partial charge in [-0.1, -0.05) is 17.7 Å². The fourth-order valence-electron chi connectivity index (χ4n) is 2.02. The molecule has 0 saturated heterocycles. The van der Waals surface area contributed by atoms with Crippen LogP contribution in [0.2, 0.25) is 0 Å². The molecule has 118 valence electrons. The Morgan fingerprint density at radius 1 is 1.18 bits per heavy atom. The number of methoxy groups -OCH3 is 2. The highest BCUT2D eigenvalue weighted by Gasteiger charge is 2.23. The lowest BCUT2D eigenvalue weighted by atomic mass is 10.1. The first-order chi connectivity index (χ1) is 10.5. The maximum Gasteiger partial charge on any atom is 0.233 e. The smallest absolute Gasteiger partial charge is 0.233 e. The van der Waals surface area contributed by atoms with E-state index in [0.717, 1.165) is 5.56 Å². The van der Waals surface area contributed by atoms with Gasteiger partial charge >= 0.3 is 0 Å². The minimum atomic E-state index is -1.51. The van der Waals surface area contributed by atoms with E-state index in [2.05, 4.69) is 4.98 Å². The summed E-state index contributed by atoms with van der Waals surface area (Å²) in [5.41, 5.74) is 1.55. The number of nitrogens with zero attached hydrogens (tertiary/aromatic N) is 1. The molecule has 0 radical (unpaired) electrons. The number of aliphatic hydroxyl groups is 1. The van der Waals surface area contributed by atoms with Crippen LogP contribution in [0.25, 0.3) is 0 Å². The second-order valence-corrected chi connectivity index (χ2v) is 6.27. The fourth-order valence-corrected chi connectivity index (χ4v) is 3.37. The van der Waals surface area contributed by atoms with Crippen molar-refractivity contribution in [1.82, 2.24) is 4.98 Å². The number of hydrogen-bond donors (Lipinski definition) is 1. The Bertz CT molecular complexity index is 683. The highest BCUT2D eigenvalue weighted by molar-refractivity contribution is 7.85. The molecule has 1 aromatic heterocycles. The lowest BCUT2D eigenvalue weighted by Crippen LogP contribution is -2.07. The van der Waals surface area contributed by atoms with Crippen molar-refractivity contribution in [3.63, 3.8) is 0 Å². The van der Waals surface area contributed by atoms with E-state index in [9.17, 15) is 9.32 Å². The van der Waals surface area contributed by atoms with Gasteiger partial charge in [0.2, 0.25) is 11.8 Å². The minimum absolute atomic E-state index is 0.189. The Kier molecular flexibility index (Phi) is 5.15. The number of ether oxygens (including phenoxy) is 2. The molecule has 0 aliphatic rings. The summed E-state index contributed by atoms with van der Waals surface area (Å²) >= 11 is 0. The number of benzene rings is 1. The molecule has 0 bridgehead atoms. The van der Waals surface area contributed by atoms with Gasteiger partial charge in [-0.05, 0) is 26.0 Å². The second-order valence-electron chi connectivity index (χ2n) is 4.85. The van der Waals surface area contributed by atoms with Crippen LogP contribution in [0.5, 0.6) is 11.8 Å². The van der Waals surface area contributed by atoms with E-state index in [-0.39, 0.29) is 5.88 Å². The molecule has 6 heteroatoms. The summed E-state index contributed by atoms with van der Waals surface area (Å²) in [7, 11) is 1.41. The van der Waals surface area contributed by atoms with Crippen LogP contribution in [0, 0.1) is 6.92 Å². The maximum atomic E-state index is 12.9. The predicted octanol–water partition coefficient (Wildman–Crippen LogP) is 2.63. The van der Waals surface area contributed by atoms with Gasteiger partial charge in [0.25, 0.3) is 0 Å². The lowest BCUT2D eigenvalue weighted by Gasteiger charge is -2.16. The summed E-state index contributed by atoms with van der Waals surface area (Å²) < 4.78 is 23.3. The van der Waals surface area contributed by atoms with Crippen molar-refractivity contribution in [3.8, 4) is 11.8 Å². The first-order valence-corrected chi connectivity index (χ1v) is 7.92. The van der Waals surface area contributed by atoms with Crippen molar-refractivity contribution in [3.05, 3.63) is 41.5 Å². The summed E-state index contributed by atoms with van der Waals surface area (Å²) in [6.45, 7) is 3.56. The zero-order valence-corrected chi connectivity index (χ0v) is 13.8. The van der Waals surface area contributed by atoms with Crippen LogP contribution in [0.4, 0.5) is 0 Å². The summed E-state index contributed by atoms with van der Waals surface area (Å²) in [5, 5.41) is 10.0. The molecule has 0 fully saturated rings. The van der Waals surface area contributed by atoms with Crippen molar-refractivity contribution in [1.29, 1.82) is 0 Å². The van der Waals surface area contributed by atoms with Crippen molar-refractivity contribution >= 4 is 10.8 Å². The van der Waals surface area contributed by atoms with Gasteiger partial charge in [0.05, 0.1) is 31.1 Å². The molecule has 5 nitrogen and oxygen atoms in total. The standard InChI is InChI=1S/C16H19NO4S/c1-10-5-7-12(8-6-10)22(19)15-13(11(2)18)9-14(20-3)17-16(15)21-4/h5-9,11,18H,1-4H3/t11-,22+/m1/s1. The molecule has 1 N–H and O–H groups in total. The first-order valence-electron chi connectivity index (χ1n) is 6.77. The van der Waals surface area contributed by atoms with Gasteiger partial charge in [-0.2, -0.15) is 4.98 Å². The highest BCUT2D eigenvalue weighted by Crippen LogP contribution is 2.34. The number of hydrogen-bond acceptors (Lipinski definition) is 5. The van der Waals surface area contributed by atoms with Gasteiger partial charge in [-0.15, -0.1) is 0 Å². The maximum absolute atomic E-state index is 12.9. The number of rotatable bonds is 5. The largest absolute Gasteiger partial charge is 0.481 e. The zero-order chi connectivity index (χ0) is 16.3. The summed E-state index contributed by atoms with van der Waals surface area (Å²) in [5.74, 6) is 0.492. The molecule has 0 aliphatic carbocycles.